The lowest BCUT2D eigenvalue weighted by Gasteiger charge is -2.41. The Hall–Kier alpha value is -3.19. The fourth-order valence-electron chi connectivity index (χ4n) is 6.05. The number of benzene rings is 3. The second-order valence-electron chi connectivity index (χ2n) is 10.6. The van der Waals surface area contributed by atoms with Gasteiger partial charge in [0.15, 0.2) is 0 Å². The van der Waals surface area contributed by atoms with E-state index in [-0.39, 0.29) is 30.7 Å². The van der Waals surface area contributed by atoms with Crippen molar-refractivity contribution in [1.82, 2.24) is 9.80 Å². The molecular formula is C31H31Cl2N3O3. The third-order valence-electron chi connectivity index (χ3n) is 8.46. The Balaban J connectivity index is 1.36. The molecule has 0 bridgehead atoms. The molecule has 2 heterocycles. The molecule has 0 aromatic heterocycles. The number of carbonyl (C=O) groups is 3. The van der Waals surface area contributed by atoms with Gasteiger partial charge in [0.25, 0.3) is 5.91 Å². The zero-order chi connectivity index (χ0) is 27.6. The summed E-state index contributed by atoms with van der Waals surface area (Å²) in [5, 5.41) is 0.859. The lowest BCUT2D eigenvalue weighted by Crippen LogP contribution is -2.50. The van der Waals surface area contributed by atoms with Gasteiger partial charge in [0.05, 0.1) is 15.5 Å². The van der Waals surface area contributed by atoms with Crippen LogP contribution in [0.2, 0.25) is 10.0 Å². The molecule has 1 atom stereocenters. The molecule has 39 heavy (non-hydrogen) atoms. The van der Waals surface area contributed by atoms with Gasteiger partial charge in [0, 0.05) is 23.9 Å². The summed E-state index contributed by atoms with van der Waals surface area (Å²) in [4.78, 5) is 42.8. The van der Waals surface area contributed by atoms with Gasteiger partial charge in [-0.2, -0.15) is 0 Å². The summed E-state index contributed by atoms with van der Waals surface area (Å²) in [5.41, 5.74) is 6.98. The molecule has 5 rings (SSSR count). The molecule has 3 amide bonds. The molecule has 2 aliphatic rings. The number of imide groups is 1. The van der Waals surface area contributed by atoms with E-state index in [1.807, 2.05) is 48.5 Å². The summed E-state index contributed by atoms with van der Waals surface area (Å²) in [6.45, 7) is 2.37. The molecule has 202 valence electrons. The zero-order valence-corrected chi connectivity index (χ0v) is 23.1. The van der Waals surface area contributed by atoms with Crippen LogP contribution in [-0.2, 0) is 20.4 Å². The number of carbonyl (C=O) groups excluding carboxylic acids is 3. The fourth-order valence-corrected chi connectivity index (χ4v) is 6.35. The molecule has 6 nitrogen and oxygen atoms in total. The first-order chi connectivity index (χ1) is 18.7. The summed E-state index contributed by atoms with van der Waals surface area (Å²) >= 11 is 12.6. The van der Waals surface area contributed by atoms with Gasteiger partial charge in [0.2, 0.25) is 11.8 Å². The van der Waals surface area contributed by atoms with E-state index in [4.69, 9.17) is 28.9 Å². The first-order valence-corrected chi connectivity index (χ1v) is 13.9. The topological polar surface area (TPSA) is 83.7 Å². The number of rotatable bonds is 7. The lowest BCUT2D eigenvalue weighted by molar-refractivity contribution is -0.126. The maximum absolute atomic E-state index is 13.3. The van der Waals surface area contributed by atoms with Gasteiger partial charge >= 0.3 is 0 Å². The number of hydrogen-bond acceptors (Lipinski definition) is 4. The van der Waals surface area contributed by atoms with Crippen molar-refractivity contribution in [3.63, 3.8) is 0 Å². The van der Waals surface area contributed by atoms with Crippen LogP contribution in [0.25, 0.3) is 0 Å². The molecule has 1 unspecified atom stereocenters. The van der Waals surface area contributed by atoms with E-state index in [1.165, 1.54) is 4.90 Å². The zero-order valence-electron chi connectivity index (χ0n) is 21.6. The number of hydrogen-bond donors (Lipinski definition) is 1. The average molecular weight is 565 g/mol. The molecule has 2 N–H and O–H groups in total. The third kappa shape index (κ3) is 5.33. The van der Waals surface area contributed by atoms with E-state index in [0.717, 1.165) is 11.1 Å². The third-order valence-corrected chi connectivity index (χ3v) is 9.20. The second-order valence-corrected chi connectivity index (χ2v) is 11.5. The maximum atomic E-state index is 13.3. The van der Waals surface area contributed by atoms with Crippen LogP contribution in [0.15, 0.2) is 78.9 Å². The van der Waals surface area contributed by atoms with Crippen molar-refractivity contribution in [1.29, 1.82) is 0 Å². The Morgan fingerprint density at radius 1 is 0.846 bits per heavy atom. The smallest absolute Gasteiger partial charge is 0.260 e. The summed E-state index contributed by atoms with van der Waals surface area (Å²) in [5.74, 6) is -0.794. The van der Waals surface area contributed by atoms with Crippen molar-refractivity contribution < 1.29 is 14.4 Å². The number of amides is 3. The van der Waals surface area contributed by atoms with Crippen LogP contribution in [0.5, 0.6) is 0 Å². The minimum atomic E-state index is -0.679. The lowest BCUT2D eigenvalue weighted by atomic mass is 9.71. The number of halogens is 2. The minimum absolute atomic E-state index is 0.201. The van der Waals surface area contributed by atoms with Crippen LogP contribution in [0, 0.1) is 0 Å². The number of likely N-dealkylation sites (tertiary alicyclic amines) is 2. The highest BCUT2D eigenvalue weighted by Crippen LogP contribution is 2.42. The molecule has 0 aliphatic carbocycles. The second kappa shape index (κ2) is 11.1. The molecule has 3 aromatic carbocycles. The van der Waals surface area contributed by atoms with Crippen molar-refractivity contribution in [2.24, 2.45) is 5.73 Å². The van der Waals surface area contributed by atoms with E-state index in [2.05, 4.69) is 4.90 Å². The van der Waals surface area contributed by atoms with Gasteiger partial charge in [0.1, 0.15) is 0 Å². The SMILES string of the molecule is NC(=O)C1(c2ccccc2)CCN(CCC2(c3ccc(Cl)c(Cl)c3)CC(=O)N(C(=O)c3ccccc3)C2)CC1. The minimum Gasteiger partial charge on any atom is -0.369 e. The highest BCUT2D eigenvalue weighted by atomic mass is 35.5. The molecule has 2 aliphatic heterocycles. The summed E-state index contributed by atoms with van der Waals surface area (Å²) in [6.07, 6.45) is 2.10. The Kier molecular flexibility index (Phi) is 7.81. The normalized spacial score (nSPS) is 21.2. The number of piperidine rings is 1. The van der Waals surface area contributed by atoms with Gasteiger partial charge in [-0.3, -0.25) is 19.3 Å². The van der Waals surface area contributed by atoms with Crippen molar-refractivity contribution in [3.05, 3.63) is 106 Å². The molecule has 3 aromatic rings. The standard InChI is InChI=1S/C31H31Cl2N3O3/c32-25-12-11-24(19-26(25)33)30(20-27(37)36(21-30)28(38)22-7-3-1-4-8-22)13-16-35-17-14-31(15-18-35,29(34)39)23-9-5-2-6-10-23/h1-12,19H,13-18,20-21H2,(H2,34,39). The van der Waals surface area contributed by atoms with Crippen LogP contribution in [0.1, 0.15) is 47.2 Å². The summed E-state index contributed by atoms with van der Waals surface area (Å²) < 4.78 is 0. The highest BCUT2D eigenvalue weighted by molar-refractivity contribution is 6.42. The van der Waals surface area contributed by atoms with Gasteiger partial charge in [-0.15, -0.1) is 0 Å². The van der Waals surface area contributed by atoms with Gasteiger partial charge in [-0.25, -0.2) is 0 Å². The molecule has 2 saturated heterocycles. The summed E-state index contributed by atoms with van der Waals surface area (Å²) in [7, 11) is 0. The monoisotopic (exact) mass is 563 g/mol. The Morgan fingerprint density at radius 3 is 2.10 bits per heavy atom. The Bertz CT molecular complexity index is 1370. The van der Waals surface area contributed by atoms with Crippen LogP contribution < -0.4 is 5.73 Å². The van der Waals surface area contributed by atoms with Crippen LogP contribution in [0.3, 0.4) is 0 Å². The first kappa shape index (κ1) is 27.4. The predicted octanol–water partition coefficient (Wildman–Crippen LogP) is 5.21. The first-order valence-electron chi connectivity index (χ1n) is 13.2. The fraction of sp³-hybridized carbons (Fsp3) is 0.323. The molecule has 0 saturated carbocycles. The van der Waals surface area contributed by atoms with Crippen molar-refractivity contribution in [3.8, 4) is 0 Å². The van der Waals surface area contributed by atoms with Crippen LogP contribution in [-0.4, -0.2) is 53.7 Å². The number of nitrogens with zero attached hydrogens (tertiary/aromatic N) is 2. The quantitative estimate of drug-likeness (QED) is 0.400. The molecule has 0 spiro atoms. The van der Waals surface area contributed by atoms with Gasteiger partial charge in [-0.1, -0.05) is 77.8 Å². The van der Waals surface area contributed by atoms with Crippen molar-refractivity contribution in [2.45, 2.75) is 36.5 Å². The van der Waals surface area contributed by atoms with Gasteiger partial charge < -0.3 is 10.6 Å². The Morgan fingerprint density at radius 2 is 1.49 bits per heavy atom. The molecule has 0 radical (unpaired) electrons. The van der Waals surface area contributed by atoms with Crippen LogP contribution >= 0.6 is 23.2 Å². The molecule has 8 heteroatoms. The van der Waals surface area contributed by atoms with E-state index in [9.17, 15) is 14.4 Å². The molecular weight excluding hydrogens is 533 g/mol. The highest BCUT2D eigenvalue weighted by Gasteiger charge is 2.48. The van der Waals surface area contributed by atoms with Crippen molar-refractivity contribution >= 4 is 40.9 Å². The van der Waals surface area contributed by atoms with E-state index in [0.29, 0.717) is 54.5 Å². The maximum Gasteiger partial charge on any atom is 0.260 e. The number of primary amides is 1. The van der Waals surface area contributed by atoms with Crippen molar-refractivity contribution in [2.75, 3.05) is 26.2 Å². The van der Waals surface area contributed by atoms with E-state index >= 15 is 0 Å². The van der Waals surface area contributed by atoms with E-state index in [1.54, 1.807) is 30.3 Å². The number of nitrogens with two attached hydrogens (primary N) is 1. The van der Waals surface area contributed by atoms with Gasteiger partial charge in [-0.05, 0) is 74.3 Å². The predicted molar refractivity (Wildman–Crippen MR) is 153 cm³/mol. The van der Waals surface area contributed by atoms with Crippen LogP contribution in [0.4, 0.5) is 0 Å². The molecule has 2 fully saturated rings. The summed E-state index contributed by atoms with van der Waals surface area (Å²) in [6, 6.07) is 24.1. The largest absolute Gasteiger partial charge is 0.369 e. The average Bonchev–Trinajstić information content (AvgIpc) is 3.31. The van der Waals surface area contributed by atoms with E-state index < -0.39 is 10.8 Å². The Labute approximate surface area is 238 Å².